The van der Waals surface area contributed by atoms with Gasteiger partial charge in [0, 0.05) is 25.3 Å². The highest BCUT2D eigenvalue weighted by atomic mass is 15.2. The molecule has 1 aromatic rings. The van der Waals surface area contributed by atoms with Gasteiger partial charge in [0.2, 0.25) is 0 Å². The van der Waals surface area contributed by atoms with Gasteiger partial charge in [0.05, 0.1) is 11.9 Å². The van der Waals surface area contributed by atoms with Gasteiger partial charge in [-0.2, -0.15) is 0 Å². The van der Waals surface area contributed by atoms with Crippen LogP contribution in [0.25, 0.3) is 0 Å². The van der Waals surface area contributed by atoms with E-state index in [2.05, 4.69) is 16.8 Å². The summed E-state index contributed by atoms with van der Waals surface area (Å²) in [7, 11) is 0. The van der Waals surface area contributed by atoms with E-state index in [1.165, 1.54) is 30.5 Å². The van der Waals surface area contributed by atoms with Crippen LogP contribution >= 0.6 is 0 Å². The maximum Gasteiger partial charge on any atom is 0.0600 e. The number of anilines is 1. The molecule has 0 aromatic carbocycles. The summed E-state index contributed by atoms with van der Waals surface area (Å²) in [4.78, 5) is 6.65. The molecular weight excluding hydrogens is 186 g/mol. The second-order valence-corrected chi connectivity index (χ2v) is 4.25. The average Bonchev–Trinajstić information content (AvgIpc) is 2.30. The van der Waals surface area contributed by atoms with Gasteiger partial charge in [-0.25, -0.2) is 0 Å². The van der Waals surface area contributed by atoms with Crippen molar-refractivity contribution in [3.05, 3.63) is 24.0 Å². The van der Waals surface area contributed by atoms with Crippen molar-refractivity contribution in [2.45, 2.75) is 38.8 Å². The molecule has 15 heavy (non-hydrogen) atoms. The predicted molar refractivity (Wildman–Crippen MR) is 62.8 cm³/mol. The summed E-state index contributed by atoms with van der Waals surface area (Å²) in [6.07, 6.45) is 7.67. The van der Waals surface area contributed by atoms with Crippen LogP contribution in [0, 0.1) is 0 Å². The van der Waals surface area contributed by atoms with Crippen LogP contribution in [0.15, 0.2) is 18.5 Å². The van der Waals surface area contributed by atoms with Gasteiger partial charge < -0.3 is 10.6 Å². The van der Waals surface area contributed by atoms with Gasteiger partial charge in [-0.15, -0.1) is 0 Å². The lowest BCUT2D eigenvalue weighted by Crippen LogP contribution is -2.38. The molecule has 0 amide bonds. The molecule has 82 valence electrons. The van der Waals surface area contributed by atoms with Crippen LogP contribution in [0.2, 0.25) is 0 Å². The van der Waals surface area contributed by atoms with Crippen molar-refractivity contribution in [2.24, 2.45) is 5.73 Å². The zero-order valence-electron chi connectivity index (χ0n) is 9.32. The van der Waals surface area contributed by atoms with Crippen LogP contribution in [0.1, 0.15) is 31.7 Å². The highest BCUT2D eigenvalue weighted by Crippen LogP contribution is 2.26. The number of pyridine rings is 1. The number of rotatable bonds is 2. The third kappa shape index (κ3) is 2.12. The fourth-order valence-corrected chi connectivity index (χ4v) is 2.30. The van der Waals surface area contributed by atoms with Gasteiger partial charge in [-0.3, -0.25) is 4.98 Å². The maximum atomic E-state index is 5.75. The Morgan fingerprint density at radius 1 is 1.53 bits per heavy atom. The van der Waals surface area contributed by atoms with E-state index in [9.17, 15) is 0 Å². The number of hydrogen-bond donors (Lipinski definition) is 1. The minimum absolute atomic E-state index is 0.598. The molecule has 2 heterocycles. The van der Waals surface area contributed by atoms with Gasteiger partial charge in [-0.1, -0.05) is 0 Å². The first kappa shape index (κ1) is 10.4. The van der Waals surface area contributed by atoms with E-state index in [4.69, 9.17) is 5.73 Å². The molecule has 1 aliphatic heterocycles. The van der Waals surface area contributed by atoms with Gasteiger partial charge in [0.1, 0.15) is 0 Å². The largest absolute Gasteiger partial charge is 0.367 e. The van der Waals surface area contributed by atoms with E-state index in [0.29, 0.717) is 12.6 Å². The van der Waals surface area contributed by atoms with Crippen molar-refractivity contribution in [2.75, 3.05) is 11.4 Å². The lowest BCUT2D eigenvalue weighted by atomic mass is 10.0. The molecule has 0 bridgehead atoms. The second kappa shape index (κ2) is 4.62. The van der Waals surface area contributed by atoms with Crippen LogP contribution < -0.4 is 10.6 Å². The zero-order chi connectivity index (χ0) is 10.7. The fourth-order valence-electron chi connectivity index (χ4n) is 2.30. The van der Waals surface area contributed by atoms with E-state index in [1.54, 1.807) is 0 Å². The molecule has 1 saturated heterocycles. The molecule has 0 aliphatic carbocycles. The summed E-state index contributed by atoms with van der Waals surface area (Å²) in [6, 6.07) is 2.64. The standard InChI is InChI=1S/C12H19N3/c1-10-4-2-3-7-15(10)12-9-14-6-5-11(12)8-13/h5-6,9-10H,2-4,7-8,13H2,1H3. The molecule has 2 rings (SSSR count). The summed E-state index contributed by atoms with van der Waals surface area (Å²) in [5.74, 6) is 0. The number of nitrogens with two attached hydrogens (primary N) is 1. The average molecular weight is 205 g/mol. The molecule has 0 spiro atoms. The van der Waals surface area contributed by atoms with Crippen LogP contribution in [-0.2, 0) is 6.54 Å². The highest BCUT2D eigenvalue weighted by molar-refractivity contribution is 5.52. The Morgan fingerprint density at radius 3 is 3.13 bits per heavy atom. The van der Waals surface area contributed by atoms with Crippen LogP contribution in [0.3, 0.4) is 0 Å². The monoisotopic (exact) mass is 205 g/mol. The molecule has 1 aromatic heterocycles. The predicted octanol–water partition coefficient (Wildman–Crippen LogP) is 1.92. The van der Waals surface area contributed by atoms with Crippen molar-refractivity contribution in [3.63, 3.8) is 0 Å². The Kier molecular flexibility index (Phi) is 3.21. The number of piperidine rings is 1. The van der Waals surface area contributed by atoms with Gasteiger partial charge in [-0.05, 0) is 37.8 Å². The van der Waals surface area contributed by atoms with Crippen LogP contribution in [0.5, 0.6) is 0 Å². The van der Waals surface area contributed by atoms with Crippen molar-refractivity contribution in [1.29, 1.82) is 0 Å². The van der Waals surface area contributed by atoms with Crippen molar-refractivity contribution in [1.82, 2.24) is 4.98 Å². The summed E-state index contributed by atoms with van der Waals surface area (Å²) in [5, 5.41) is 0. The molecule has 1 fully saturated rings. The number of aromatic nitrogens is 1. The second-order valence-electron chi connectivity index (χ2n) is 4.25. The minimum Gasteiger partial charge on any atom is -0.367 e. The number of nitrogens with zero attached hydrogens (tertiary/aromatic N) is 2. The molecule has 3 heteroatoms. The quantitative estimate of drug-likeness (QED) is 0.802. The molecule has 1 aliphatic rings. The lowest BCUT2D eigenvalue weighted by Gasteiger charge is -2.36. The summed E-state index contributed by atoms with van der Waals surface area (Å²) in [6.45, 7) is 4.02. The molecule has 1 unspecified atom stereocenters. The molecule has 1 atom stereocenters. The summed E-state index contributed by atoms with van der Waals surface area (Å²) >= 11 is 0. The van der Waals surface area contributed by atoms with E-state index < -0.39 is 0 Å². The Balaban J connectivity index is 2.26. The SMILES string of the molecule is CC1CCCCN1c1cnccc1CN. The van der Waals surface area contributed by atoms with Gasteiger partial charge >= 0.3 is 0 Å². The maximum absolute atomic E-state index is 5.75. The molecule has 0 radical (unpaired) electrons. The van der Waals surface area contributed by atoms with E-state index in [1.807, 2.05) is 18.5 Å². The van der Waals surface area contributed by atoms with Gasteiger partial charge in [0.15, 0.2) is 0 Å². The summed E-state index contributed by atoms with van der Waals surface area (Å²) < 4.78 is 0. The molecule has 0 saturated carbocycles. The van der Waals surface area contributed by atoms with Crippen LogP contribution in [-0.4, -0.2) is 17.6 Å². The van der Waals surface area contributed by atoms with E-state index in [-0.39, 0.29) is 0 Å². The first-order chi connectivity index (χ1) is 7.33. The minimum atomic E-state index is 0.598. The van der Waals surface area contributed by atoms with Crippen molar-refractivity contribution < 1.29 is 0 Å². The summed E-state index contributed by atoms with van der Waals surface area (Å²) in [5.41, 5.74) is 8.18. The van der Waals surface area contributed by atoms with Crippen molar-refractivity contribution in [3.8, 4) is 0 Å². The first-order valence-corrected chi connectivity index (χ1v) is 5.72. The van der Waals surface area contributed by atoms with Gasteiger partial charge in [0.25, 0.3) is 0 Å². The topological polar surface area (TPSA) is 42.2 Å². The lowest BCUT2D eigenvalue weighted by molar-refractivity contribution is 0.483. The Bertz CT molecular complexity index is 324. The zero-order valence-corrected chi connectivity index (χ0v) is 9.32. The smallest absolute Gasteiger partial charge is 0.0600 e. The molecule has 3 nitrogen and oxygen atoms in total. The van der Waals surface area contributed by atoms with E-state index in [0.717, 1.165) is 6.54 Å². The van der Waals surface area contributed by atoms with Crippen molar-refractivity contribution >= 4 is 5.69 Å². The van der Waals surface area contributed by atoms with E-state index >= 15 is 0 Å². The third-order valence-corrected chi connectivity index (χ3v) is 3.22. The Labute approximate surface area is 91.3 Å². The molecule has 2 N–H and O–H groups in total. The first-order valence-electron chi connectivity index (χ1n) is 5.72. The molecular formula is C12H19N3. The highest BCUT2D eigenvalue weighted by Gasteiger charge is 2.20. The number of hydrogen-bond acceptors (Lipinski definition) is 3. The third-order valence-electron chi connectivity index (χ3n) is 3.22. The normalized spacial score (nSPS) is 21.7. The fraction of sp³-hybridized carbons (Fsp3) is 0.583. The Morgan fingerprint density at radius 2 is 2.40 bits per heavy atom. The Hall–Kier alpha value is -1.09. The van der Waals surface area contributed by atoms with Crippen LogP contribution in [0.4, 0.5) is 5.69 Å².